The number of benzene rings is 2. The number of rotatable bonds is 4. The molecule has 0 fully saturated rings. The number of nitrogens with one attached hydrogen (secondary N) is 2. The van der Waals surface area contributed by atoms with Gasteiger partial charge >= 0.3 is 0 Å². The summed E-state index contributed by atoms with van der Waals surface area (Å²) in [6.45, 7) is 0. The summed E-state index contributed by atoms with van der Waals surface area (Å²) in [6, 6.07) is 14.5. The first-order valence-corrected chi connectivity index (χ1v) is 7.40. The lowest BCUT2D eigenvalue weighted by molar-refractivity contribution is 0.102. The second kappa shape index (κ2) is 7.06. The van der Waals surface area contributed by atoms with Crippen LogP contribution in [0.15, 0.2) is 60.9 Å². The van der Waals surface area contributed by atoms with Gasteiger partial charge in [-0.1, -0.05) is 29.8 Å². The highest BCUT2D eigenvalue weighted by Gasteiger charge is 2.11. The van der Waals surface area contributed by atoms with Gasteiger partial charge in [-0.2, -0.15) is 0 Å². The summed E-state index contributed by atoms with van der Waals surface area (Å²) < 4.78 is 13.6. The number of nitrogens with zero attached hydrogens (tertiary/aromatic N) is 2. The number of carbonyl (C=O) groups excluding carboxylic acids is 1. The summed E-state index contributed by atoms with van der Waals surface area (Å²) in [6.07, 6.45) is 1.25. The SMILES string of the molecule is O=C(Nc1ccccc1F)c1cc(Nc2cccc(Cl)c2)ncn1. The van der Waals surface area contributed by atoms with Crippen molar-refractivity contribution in [1.82, 2.24) is 9.97 Å². The Bertz CT molecular complexity index is 888. The predicted octanol–water partition coefficient (Wildman–Crippen LogP) is 4.27. The minimum Gasteiger partial charge on any atom is -0.340 e. The van der Waals surface area contributed by atoms with Gasteiger partial charge in [-0.05, 0) is 30.3 Å². The number of hydrogen-bond acceptors (Lipinski definition) is 4. The number of halogens is 2. The minimum absolute atomic E-state index is 0.0884. The van der Waals surface area contributed by atoms with Gasteiger partial charge in [0, 0.05) is 16.8 Å². The van der Waals surface area contributed by atoms with Gasteiger partial charge in [0.2, 0.25) is 0 Å². The third-order valence-electron chi connectivity index (χ3n) is 3.12. The molecule has 3 aromatic rings. The Kier molecular flexibility index (Phi) is 4.67. The lowest BCUT2D eigenvalue weighted by Crippen LogP contribution is -2.15. The Morgan fingerprint density at radius 1 is 1.04 bits per heavy atom. The number of aromatic nitrogens is 2. The first-order valence-electron chi connectivity index (χ1n) is 7.02. The molecule has 120 valence electrons. The molecule has 0 radical (unpaired) electrons. The van der Waals surface area contributed by atoms with Crippen LogP contribution in [0.5, 0.6) is 0 Å². The van der Waals surface area contributed by atoms with Gasteiger partial charge in [0.1, 0.15) is 23.7 Å². The number of hydrogen-bond donors (Lipinski definition) is 2. The molecule has 0 aliphatic rings. The van der Waals surface area contributed by atoms with Gasteiger partial charge in [-0.15, -0.1) is 0 Å². The lowest BCUT2D eigenvalue weighted by atomic mass is 10.3. The highest BCUT2D eigenvalue weighted by Crippen LogP contribution is 2.19. The van der Waals surface area contributed by atoms with Crippen molar-refractivity contribution < 1.29 is 9.18 Å². The summed E-state index contributed by atoms with van der Waals surface area (Å²) >= 11 is 5.93. The van der Waals surface area contributed by atoms with E-state index in [0.29, 0.717) is 10.8 Å². The second-order valence-electron chi connectivity index (χ2n) is 4.86. The van der Waals surface area contributed by atoms with Crippen LogP contribution in [-0.4, -0.2) is 15.9 Å². The standard InChI is InChI=1S/C17H12ClFN4O/c18-11-4-3-5-12(8-11)22-16-9-15(20-10-21-16)17(24)23-14-7-2-1-6-13(14)19/h1-10H,(H,23,24)(H,20,21,22). The maximum absolute atomic E-state index is 13.6. The van der Waals surface area contributed by atoms with E-state index in [4.69, 9.17) is 11.6 Å². The average Bonchev–Trinajstić information content (AvgIpc) is 2.57. The van der Waals surface area contributed by atoms with Crippen molar-refractivity contribution in [3.63, 3.8) is 0 Å². The smallest absolute Gasteiger partial charge is 0.274 e. The van der Waals surface area contributed by atoms with Crippen molar-refractivity contribution in [2.45, 2.75) is 0 Å². The van der Waals surface area contributed by atoms with Crippen LogP contribution in [0.4, 0.5) is 21.6 Å². The number of carbonyl (C=O) groups is 1. The molecule has 2 aromatic carbocycles. The van der Waals surface area contributed by atoms with E-state index >= 15 is 0 Å². The van der Waals surface area contributed by atoms with Gasteiger partial charge in [0.15, 0.2) is 0 Å². The maximum Gasteiger partial charge on any atom is 0.274 e. The molecule has 2 N–H and O–H groups in total. The summed E-state index contributed by atoms with van der Waals surface area (Å²) in [7, 11) is 0. The number of para-hydroxylation sites is 1. The fourth-order valence-corrected chi connectivity index (χ4v) is 2.20. The van der Waals surface area contributed by atoms with Gasteiger partial charge in [-0.3, -0.25) is 4.79 Å². The van der Waals surface area contributed by atoms with Crippen molar-refractivity contribution >= 4 is 34.7 Å². The molecule has 0 spiro atoms. The van der Waals surface area contributed by atoms with E-state index in [-0.39, 0.29) is 11.4 Å². The van der Waals surface area contributed by atoms with Crippen molar-refractivity contribution in [3.05, 3.63) is 77.5 Å². The van der Waals surface area contributed by atoms with E-state index in [0.717, 1.165) is 5.69 Å². The van der Waals surface area contributed by atoms with Crippen molar-refractivity contribution in [2.24, 2.45) is 0 Å². The highest BCUT2D eigenvalue weighted by molar-refractivity contribution is 6.30. The fourth-order valence-electron chi connectivity index (χ4n) is 2.01. The van der Waals surface area contributed by atoms with E-state index in [9.17, 15) is 9.18 Å². The van der Waals surface area contributed by atoms with Crippen molar-refractivity contribution in [3.8, 4) is 0 Å². The van der Waals surface area contributed by atoms with Gasteiger partial charge in [-0.25, -0.2) is 14.4 Å². The van der Waals surface area contributed by atoms with Crippen molar-refractivity contribution in [1.29, 1.82) is 0 Å². The largest absolute Gasteiger partial charge is 0.340 e. The molecule has 3 rings (SSSR count). The van der Waals surface area contributed by atoms with Crippen LogP contribution in [0.2, 0.25) is 5.02 Å². The molecule has 1 heterocycles. The molecule has 0 bridgehead atoms. The van der Waals surface area contributed by atoms with E-state index < -0.39 is 11.7 Å². The predicted molar refractivity (Wildman–Crippen MR) is 91.1 cm³/mol. The fraction of sp³-hybridized carbons (Fsp3) is 0. The normalized spacial score (nSPS) is 10.2. The summed E-state index contributed by atoms with van der Waals surface area (Å²) in [5, 5.41) is 6.07. The van der Waals surface area contributed by atoms with E-state index in [1.165, 1.54) is 24.5 Å². The first-order chi connectivity index (χ1) is 11.6. The second-order valence-corrected chi connectivity index (χ2v) is 5.29. The van der Waals surface area contributed by atoms with Crippen LogP contribution >= 0.6 is 11.6 Å². The molecule has 0 saturated heterocycles. The summed E-state index contributed by atoms with van der Waals surface area (Å²) in [5.41, 5.74) is 0.921. The van der Waals surface area contributed by atoms with E-state index in [1.54, 1.807) is 30.3 Å². The van der Waals surface area contributed by atoms with Crippen LogP contribution in [0, 0.1) is 5.82 Å². The zero-order chi connectivity index (χ0) is 16.9. The molecule has 0 unspecified atom stereocenters. The first kappa shape index (κ1) is 15.9. The topological polar surface area (TPSA) is 66.9 Å². The third kappa shape index (κ3) is 3.85. The molecule has 1 aromatic heterocycles. The van der Waals surface area contributed by atoms with E-state index in [1.807, 2.05) is 6.07 Å². The lowest BCUT2D eigenvalue weighted by Gasteiger charge is -2.08. The van der Waals surface area contributed by atoms with Crippen LogP contribution in [-0.2, 0) is 0 Å². The maximum atomic E-state index is 13.6. The Morgan fingerprint density at radius 3 is 2.67 bits per heavy atom. The van der Waals surface area contributed by atoms with Gasteiger partial charge in [0.25, 0.3) is 5.91 Å². The molecule has 0 aliphatic carbocycles. The van der Waals surface area contributed by atoms with Gasteiger partial charge in [0.05, 0.1) is 5.69 Å². The molecule has 5 nitrogen and oxygen atoms in total. The van der Waals surface area contributed by atoms with E-state index in [2.05, 4.69) is 20.6 Å². The molecule has 7 heteroatoms. The van der Waals surface area contributed by atoms with Crippen LogP contribution < -0.4 is 10.6 Å². The zero-order valence-electron chi connectivity index (χ0n) is 12.3. The minimum atomic E-state index is -0.531. The molecule has 1 amide bonds. The summed E-state index contributed by atoms with van der Waals surface area (Å²) in [4.78, 5) is 20.2. The molecular formula is C17H12ClFN4O. The Hall–Kier alpha value is -2.99. The average molecular weight is 343 g/mol. The third-order valence-corrected chi connectivity index (χ3v) is 3.35. The van der Waals surface area contributed by atoms with Crippen LogP contribution in [0.1, 0.15) is 10.5 Å². The molecule has 0 atom stereocenters. The Labute approximate surface area is 142 Å². The Morgan fingerprint density at radius 2 is 1.88 bits per heavy atom. The molecular weight excluding hydrogens is 331 g/mol. The number of amides is 1. The molecule has 0 saturated carbocycles. The quantitative estimate of drug-likeness (QED) is 0.743. The monoisotopic (exact) mass is 342 g/mol. The zero-order valence-corrected chi connectivity index (χ0v) is 13.1. The van der Waals surface area contributed by atoms with Gasteiger partial charge < -0.3 is 10.6 Å². The Balaban J connectivity index is 1.77. The van der Waals surface area contributed by atoms with Crippen LogP contribution in [0.25, 0.3) is 0 Å². The molecule has 0 aliphatic heterocycles. The number of anilines is 3. The van der Waals surface area contributed by atoms with Crippen molar-refractivity contribution in [2.75, 3.05) is 10.6 Å². The van der Waals surface area contributed by atoms with Crippen LogP contribution in [0.3, 0.4) is 0 Å². The molecule has 24 heavy (non-hydrogen) atoms. The highest BCUT2D eigenvalue weighted by atomic mass is 35.5. The summed E-state index contributed by atoms with van der Waals surface area (Å²) in [5.74, 6) is -0.625.